The summed E-state index contributed by atoms with van der Waals surface area (Å²) in [6.07, 6.45) is 0.313. The van der Waals surface area contributed by atoms with E-state index in [1.54, 1.807) is 36.1 Å². The monoisotopic (exact) mass is 381 g/mol. The summed E-state index contributed by atoms with van der Waals surface area (Å²) in [5, 5.41) is 11.6. The first kappa shape index (κ1) is 20.2. The van der Waals surface area contributed by atoms with Crippen LogP contribution >= 0.6 is 11.3 Å². The molecule has 0 aliphatic heterocycles. The quantitative estimate of drug-likeness (QED) is 0.251. The number of nitrogens with one attached hydrogen (secondary N) is 2. The van der Waals surface area contributed by atoms with Gasteiger partial charge in [0, 0.05) is 18.1 Å². The summed E-state index contributed by atoms with van der Waals surface area (Å²) >= 11 is 1.46. The van der Waals surface area contributed by atoms with Gasteiger partial charge in [-0.15, -0.1) is 11.3 Å². The Kier molecular flexibility index (Phi) is 7.92. The summed E-state index contributed by atoms with van der Waals surface area (Å²) in [6.45, 7) is 4.34. The van der Waals surface area contributed by atoms with E-state index in [-0.39, 0.29) is 19.3 Å². The van der Waals surface area contributed by atoms with Gasteiger partial charge < -0.3 is 14.8 Å². The minimum atomic E-state index is -0.514. The Balaban J connectivity index is 2.02. The summed E-state index contributed by atoms with van der Waals surface area (Å²) in [4.78, 5) is 28.3. The van der Waals surface area contributed by atoms with E-state index in [1.165, 1.54) is 11.3 Å². The topological polar surface area (TPSA) is 110 Å². The normalized spacial score (nSPS) is 13.3. The van der Waals surface area contributed by atoms with Gasteiger partial charge >= 0.3 is 0 Å². The Morgan fingerprint density at radius 2 is 2.15 bits per heavy atom. The number of rotatable bonds is 10. The highest BCUT2D eigenvalue weighted by atomic mass is 32.1. The number of thiazole rings is 1. The largest absolute Gasteiger partial charge is 0.356 e. The van der Waals surface area contributed by atoms with Crippen molar-refractivity contribution in [3.05, 3.63) is 29.3 Å². The number of carbonyl (C=O) groups excluding carboxylic acids is 2. The second kappa shape index (κ2) is 10.2. The van der Waals surface area contributed by atoms with Crippen LogP contribution in [0, 0.1) is 5.92 Å². The lowest BCUT2D eigenvalue weighted by Gasteiger charge is -2.21. The Bertz CT molecular complexity index is 736. The van der Waals surface area contributed by atoms with Crippen LogP contribution in [0.15, 0.2) is 23.7 Å². The van der Waals surface area contributed by atoms with Gasteiger partial charge in [0.15, 0.2) is 0 Å². The maximum absolute atomic E-state index is 12.6. The summed E-state index contributed by atoms with van der Waals surface area (Å²) in [5.74, 6) is -1.27. The number of aromatic nitrogens is 1. The zero-order valence-electron chi connectivity index (χ0n) is 14.7. The molecule has 1 heterocycles. The number of hydrogen-bond acceptors (Lipinski definition) is 7. The Hall–Kier alpha value is -2.07. The molecule has 1 aromatic carbocycles. The fourth-order valence-electron chi connectivity index (χ4n) is 2.41. The molecule has 2 aromatic rings. The van der Waals surface area contributed by atoms with Gasteiger partial charge in [0.1, 0.15) is 6.79 Å². The van der Waals surface area contributed by atoms with Gasteiger partial charge in [-0.2, -0.15) is 0 Å². The van der Waals surface area contributed by atoms with E-state index in [0.717, 1.165) is 10.2 Å². The first-order valence-corrected chi connectivity index (χ1v) is 9.16. The molecule has 0 saturated carbocycles. The van der Waals surface area contributed by atoms with Gasteiger partial charge in [-0.05, 0) is 31.5 Å². The molecule has 1 aromatic heterocycles. The van der Waals surface area contributed by atoms with E-state index in [4.69, 9.17) is 14.7 Å². The lowest BCUT2D eigenvalue weighted by Crippen LogP contribution is -2.41. The second-order valence-electron chi connectivity index (χ2n) is 5.80. The van der Waals surface area contributed by atoms with Gasteiger partial charge in [-0.3, -0.25) is 14.8 Å². The predicted octanol–water partition coefficient (Wildman–Crippen LogP) is 1.94. The second-order valence-corrected chi connectivity index (χ2v) is 6.69. The van der Waals surface area contributed by atoms with Crippen LogP contribution in [0.4, 0.5) is 0 Å². The molecule has 0 saturated heterocycles. The molecule has 0 spiro atoms. The Morgan fingerprint density at radius 1 is 1.35 bits per heavy atom. The van der Waals surface area contributed by atoms with Gasteiger partial charge in [0.25, 0.3) is 5.91 Å². The number of amides is 2. The standard InChI is InChI=1S/C17H23N3O5S/c1-3-24-10-25-8-13(6-11(2)16(21)20-23)19-17(22)12-4-5-14-15(7-12)26-9-18-14/h4-5,7,9,11,13,23H,3,6,8,10H2,1-2H3,(H,19,22)(H,20,21)/t11-,13-/m0/s1. The molecule has 142 valence electrons. The third-order valence-electron chi connectivity index (χ3n) is 3.81. The van der Waals surface area contributed by atoms with Gasteiger partial charge in [-0.25, -0.2) is 10.5 Å². The lowest BCUT2D eigenvalue weighted by atomic mass is 10.0. The van der Waals surface area contributed by atoms with Crippen molar-refractivity contribution in [2.75, 3.05) is 20.0 Å². The summed E-state index contributed by atoms with van der Waals surface area (Å²) in [7, 11) is 0. The highest BCUT2D eigenvalue weighted by Gasteiger charge is 2.21. The highest BCUT2D eigenvalue weighted by Crippen LogP contribution is 2.19. The average molecular weight is 381 g/mol. The van der Waals surface area contributed by atoms with E-state index in [9.17, 15) is 9.59 Å². The molecule has 26 heavy (non-hydrogen) atoms. The van der Waals surface area contributed by atoms with Crippen molar-refractivity contribution >= 4 is 33.4 Å². The summed E-state index contributed by atoms with van der Waals surface area (Å²) < 4.78 is 11.5. The van der Waals surface area contributed by atoms with E-state index in [2.05, 4.69) is 10.3 Å². The molecule has 3 N–H and O–H groups in total. The SMILES string of the molecule is CCOCOC[C@H](C[C@H](C)C(=O)NO)NC(=O)c1ccc2ncsc2c1. The highest BCUT2D eigenvalue weighted by molar-refractivity contribution is 7.16. The van der Waals surface area contributed by atoms with Crippen LogP contribution in [-0.4, -0.2) is 48.1 Å². The average Bonchev–Trinajstić information content (AvgIpc) is 3.11. The number of benzene rings is 1. The van der Waals surface area contributed by atoms with E-state index >= 15 is 0 Å². The fourth-order valence-corrected chi connectivity index (χ4v) is 3.13. The number of nitrogens with zero attached hydrogens (tertiary/aromatic N) is 1. The van der Waals surface area contributed by atoms with Gasteiger partial charge in [0.2, 0.25) is 5.91 Å². The van der Waals surface area contributed by atoms with Crippen molar-refractivity contribution in [1.29, 1.82) is 0 Å². The van der Waals surface area contributed by atoms with E-state index in [0.29, 0.717) is 18.6 Å². The van der Waals surface area contributed by atoms with Crippen molar-refractivity contribution in [2.24, 2.45) is 5.92 Å². The predicted molar refractivity (Wildman–Crippen MR) is 97.0 cm³/mol. The minimum absolute atomic E-state index is 0.107. The van der Waals surface area contributed by atoms with E-state index < -0.39 is 17.9 Å². The zero-order valence-corrected chi connectivity index (χ0v) is 15.5. The number of hydrogen-bond donors (Lipinski definition) is 3. The Morgan fingerprint density at radius 3 is 2.88 bits per heavy atom. The van der Waals surface area contributed by atoms with Crippen LogP contribution in [0.1, 0.15) is 30.6 Å². The molecule has 2 atom stereocenters. The number of ether oxygens (including phenoxy) is 2. The molecule has 9 heteroatoms. The van der Waals surface area contributed by atoms with Crippen molar-refractivity contribution in [2.45, 2.75) is 26.3 Å². The van der Waals surface area contributed by atoms with Crippen molar-refractivity contribution < 1.29 is 24.3 Å². The van der Waals surface area contributed by atoms with Gasteiger partial charge in [0.05, 0.1) is 28.4 Å². The van der Waals surface area contributed by atoms with Gasteiger partial charge in [-0.1, -0.05) is 6.92 Å². The Labute approximate surface area is 155 Å². The molecule has 2 rings (SSSR count). The van der Waals surface area contributed by atoms with Crippen LogP contribution in [0.3, 0.4) is 0 Å². The number of fused-ring (bicyclic) bond motifs is 1. The van der Waals surface area contributed by atoms with Crippen molar-refractivity contribution in [3.8, 4) is 0 Å². The summed E-state index contributed by atoms with van der Waals surface area (Å²) in [6, 6.07) is 4.87. The van der Waals surface area contributed by atoms with Crippen LogP contribution in [-0.2, 0) is 14.3 Å². The first-order valence-electron chi connectivity index (χ1n) is 8.28. The maximum Gasteiger partial charge on any atom is 0.251 e. The van der Waals surface area contributed by atoms with Crippen LogP contribution in [0.5, 0.6) is 0 Å². The summed E-state index contributed by atoms with van der Waals surface area (Å²) in [5.41, 5.74) is 4.71. The molecule has 0 unspecified atom stereocenters. The maximum atomic E-state index is 12.6. The van der Waals surface area contributed by atoms with Crippen LogP contribution < -0.4 is 10.8 Å². The smallest absolute Gasteiger partial charge is 0.251 e. The number of hydroxylamine groups is 1. The molecule has 0 aliphatic rings. The molecule has 0 radical (unpaired) electrons. The molecular weight excluding hydrogens is 358 g/mol. The molecular formula is C17H23N3O5S. The number of carbonyl (C=O) groups is 2. The van der Waals surface area contributed by atoms with Crippen LogP contribution in [0.2, 0.25) is 0 Å². The zero-order chi connectivity index (χ0) is 18.9. The van der Waals surface area contributed by atoms with Crippen molar-refractivity contribution in [3.63, 3.8) is 0 Å². The minimum Gasteiger partial charge on any atom is -0.356 e. The molecule has 2 amide bonds. The fraction of sp³-hybridized carbons (Fsp3) is 0.471. The molecule has 8 nitrogen and oxygen atoms in total. The van der Waals surface area contributed by atoms with Crippen molar-refractivity contribution in [1.82, 2.24) is 15.8 Å². The third-order valence-corrected chi connectivity index (χ3v) is 4.61. The third kappa shape index (κ3) is 5.73. The molecule has 0 fully saturated rings. The van der Waals surface area contributed by atoms with E-state index in [1.807, 2.05) is 6.92 Å². The molecule has 0 bridgehead atoms. The molecule has 0 aliphatic carbocycles. The van der Waals surface area contributed by atoms with Crippen LogP contribution in [0.25, 0.3) is 10.2 Å². The lowest BCUT2D eigenvalue weighted by molar-refractivity contribution is -0.133. The first-order chi connectivity index (χ1) is 12.5.